The van der Waals surface area contributed by atoms with Gasteiger partial charge in [0.2, 0.25) is 0 Å². The summed E-state index contributed by atoms with van der Waals surface area (Å²) < 4.78 is 28.1. The highest BCUT2D eigenvalue weighted by Gasteiger charge is 2.26. The van der Waals surface area contributed by atoms with E-state index in [1.165, 1.54) is 11.8 Å². The second-order valence-corrected chi connectivity index (χ2v) is 9.63. The molecule has 1 atom stereocenters. The average Bonchev–Trinajstić information content (AvgIpc) is 3.19. The Balaban J connectivity index is 0.00000320. The summed E-state index contributed by atoms with van der Waals surface area (Å²) in [5, 5.41) is 3.42. The fourth-order valence-corrected chi connectivity index (χ4v) is 4.47. The third-order valence-corrected chi connectivity index (χ3v) is 6.05. The van der Waals surface area contributed by atoms with Crippen molar-refractivity contribution in [2.45, 2.75) is 24.6 Å². The van der Waals surface area contributed by atoms with Crippen LogP contribution in [-0.4, -0.2) is 52.8 Å². The third-order valence-electron chi connectivity index (χ3n) is 5.19. The number of aliphatic imine (C=N–C) groups is 1. The van der Waals surface area contributed by atoms with Crippen LogP contribution in [0.15, 0.2) is 53.5 Å². The SMILES string of the molecule is CN=C(NCc1ccc(CS(C)(=O)=O)cc1)N1CCC(c2ccc(OC)cc2)C1.I. The number of nitrogens with one attached hydrogen (secondary N) is 1. The summed E-state index contributed by atoms with van der Waals surface area (Å²) in [7, 11) is 0.474. The minimum absolute atomic E-state index is 0. The van der Waals surface area contributed by atoms with Crippen LogP contribution < -0.4 is 10.1 Å². The molecule has 3 rings (SSSR count). The first-order valence-corrected chi connectivity index (χ1v) is 11.8. The molecule has 8 heteroatoms. The van der Waals surface area contributed by atoms with Crippen molar-refractivity contribution >= 4 is 39.8 Å². The molecule has 0 radical (unpaired) electrons. The van der Waals surface area contributed by atoms with Crippen LogP contribution in [0.2, 0.25) is 0 Å². The molecule has 0 aliphatic carbocycles. The first-order chi connectivity index (χ1) is 13.9. The van der Waals surface area contributed by atoms with Gasteiger partial charge < -0.3 is 15.0 Å². The van der Waals surface area contributed by atoms with E-state index >= 15 is 0 Å². The lowest BCUT2D eigenvalue weighted by molar-refractivity contribution is 0.414. The standard InChI is InChI=1S/C22H29N3O3S.HI/c1-23-22(24-14-17-4-6-18(7-5-17)16-29(3,26)27)25-13-12-20(15-25)19-8-10-21(28-2)11-9-19;/h4-11,20H,12-16H2,1-3H3,(H,23,24);1H. The Morgan fingerprint density at radius 1 is 1.13 bits per heavy atom. The Hall–Kier alpha value is -1.81. The molecule has 1 saturated heterocycles. The fraction of sp³-hybridized carbons (Fsp3) is 0.409. The van der Waals surface area contributed by atoms with E-state index in [1.54, 1.807) is 14.2 Å². The largest absolute Gasteiger partial charge is 0.497 e. The Morgan fingerprint density at radius 2 is 1.77 bits per heavy atom. The van der Waals surface area contributed by atoms with E-state index in [0.29, 0.717) is 12.5 Å². The monoisotopic (exact) mass is 543 g/mol. The summed E-state index contributed by atoms with van der Waals surface area (Å²) in [4.78, 5) is 6.72. The van der Waals surface area contributed by atoms with Crippen LogP contribution in [0.4, 0.5) is 0 Å². The van der Waals surface area contributed by atoms with Crippen molar-refractivity contribution in [1.82, 2.24) is 10.2 Å². The van der Waals surface area contributed by atoms with Gasteiger partial charge in [-0.15, -0.1) is 24.0 Å². The van der Waals surface area contributed by atoms with Gasteiger partial charge in [0.25, 0.3) is 0 Å². The highest BCUT2D eigenvalue weighted by molar-refractivity contribution is 14.0. The van der Waals surface area contributed by atoms with E-state index in [0.717, 1.165) is 42.3 Å². The molecule has 0 spiro atoms. The number of sulfone groups is 1. The molecule has 30 heavy (non-hydrogen) atoms. The van der Waals surface area contributed by atoms with Crippen molar-refractivity contribution in [3.63, 3.8) is 0 Å². The molecule has 164 valence electrons. The van der Waals surface area contributed by atoms with Gasteiger partial charge in [0.1, 0.15) is 5.75 Å². The van der Waals surface area contributed by atoms with Crippen molar-refractivity contribution < 1.29 is 13.2 Å². The number of halogens is 1. The Kier molecular flexibility index (Phi) is 8.96. The number of guanidine groups is 1. The molecule has 1 fully saturated rings. The van der Waals surface area contributed by atoms with Crippen molar-refractivity contribution in [2.24, 2.45) is 4.99 Å². The fourth-order valence-electron chi connectivity index (χ4n) is 3.67. The minimum Gasteiger partial charge on any atom is -0.497 e. The topological polar surface area (TPSA) is 71.0 Å². The molecule has 6 nitrogen and oxygen atoms in total. The predicted octanol–water partition coefficient (Wildman–Crippen LogP) is 3.42. The molecule has 0 aromatic heterocycles. The van der Waals surface area contributed by atoms with Gasteiger partial charge in [-0.05, 0) is 35.2 Å². The number of rotatable bonds is 6. The highest BCUT2D eigenvalue weighted by Crippen LogP contribution is 2.28. The normalized spacial score (nSPS) is 16.8. The summed E-state index contributed by atoms with van der Waals surface area (Å²) in [5.41, 5.74) is 3.22. The van der Waals surface area contributed by atoms with Crippen LogP contribution in [-0.2, 0) is 22.1 Å². The number of benzene rings is 2. The maximum atomic E-state index is 11.4. The zero-order valence-corrected chi connectivity index (χ0v) is 20.8. The lowest BCUT2D eigenvalue weighted by Gasteiger charge is -2.22. The number of hydrogen-bond donors (Lipinski definition) is 1. The van der Waals surface area contributed by atoms with Gasteiger partial charge in [-0.1, -0.05) is 36.4 Å². The van der Waals surface area contributed by atoms with E-state index in [-0.39, 0.29) is 29.7 Å². The number of methoxy groups -OCH3 is 1. The van der Waals surface area contributed by atoms with E-state index in [4.69, 9.17) is 4.74 Å². The molecule has 1 heterocycles. The van der Waals surface area contributed by atoms with Gasteiger partial charge >= 0.3 is 0 Å². The lowest BCUT2D eigenvalue weighted by atomic mass is 9.98. The van der Waals surface area contributed by atoms with Crippen LogP contribution in [0.1, 0.15) is 29.0 Å². The van der Waals surface area contributed by atoms with Crippen LogP contribution in [0.5, 0.6) is 5.75 Å². The van der Waals surface area contributed by atoms with E-state index in [1.807, 2.05) is 36.4 Å². The molecule has 1 aliphatic rings. The number of likely N-dealkylation sites (tertiary alicyclic amines) is 1. The molecule has 2 aromatic rings. The maximum absolute atomic E-state index is 11.4. The number of hydrogen-bond acceptors (Lipinski definition) is 4. The Morgan fingerprint density at radius 3 is 2.33 bits per heavy atom. The van der Waals surface area contributed by atoms with Crippen LogP contribution in [0.25, 0.3) is 0 Å². The smallest absolute Gasteiger partial charge is 0.193 e. The number of ether oxygens (including phenoxy) is 1. The van der Waals surface area contributed by atoms with Gasteiger partial charge in [-0.2, -0.15) is 0 Å². The molecule has 1 N–H and O–H groups in total. The van der Waals surface area contributed by atoms with Gasteiger partial charge in [0.15, 0.2) is 15.8 Å². The predicted molar refractivity (Wildman–Crippen MR) is 133 cm³/mol. The van der Waals surface area contributed by atoms with E-state index < -0.39 is 9.84 Å². The Bertz CT molecular complexity index is 945. The first-order valence-electron chi connectivity index (χ1n) is 9.73. The van der Waals surface area contributed by atoms with Crippen molar-refractivity contribution in [3.05, 3.63) is 65.2 Å². The third kappa shape index (κ3) is 6.87. The van der Waals surface area contributed by atoms with Crippen molar-refractivity contribution in [1.29, 1.82) is 0 Å². The quantitative estimate of drug-likeness (QED) is 0.344. The molecule has 2 aromatic carbocycles. The first kappa shape index (κ1) is 24.5. The second kappa shape index (κ2) is 11.0. The molecule has 0 saturated carbocycles. The molecular formula is C22H30IN3O3S. The highest BCUT2D eigenvalue weighted by atomic mass is 127. The molecule has 1 aliphatic heterocycles. The van der Waals surface area contributed by atoms with Gasteiger partial charge in [0, 0.05) is 38.9 Å². The van der Waals surface area contributed by atoms with Crippen LogP contribution in [0, 0.1) is 0 Å². The number of nitrogens with zero attached hydrogens (tertiary/aromatic N) is 2. The summed E-state index contributed by atoms with van der Waals surface area (Å²) in [6.45, 7) is 2.54. The summed E-state index contributed by atoms with van der Waals surface area (Å²) in [6.07, 6.45) is 2.34. The molecular weight excluding hydrogens is 513 g/mol. The zero-order valence-electron chi connectivity index (χ0n) is 17.7. The average molecular weight is 543 g/mol. The van der Waals surface area contributed by atoms with Gasteiger partial charge in [0.05, 0.1) is 12.9 Å². The zero-order chi connectivity index (χ0) is 20.9. The van der Waals surface area contributed by atoms with E-state index in [9.17, 15) is 8.42 Å². The van der Waals surface area contributed by atoms with Crippen molar-refractivity contribution in [2.75, 3.05) is 33.5 Å². The lowest BCUT2D eigenvalue weighted by Crippen LogP contribution is -2.39. The van der Waals surface area contributed by atoms with Gasteiger partial charge in [-0.25, -0.2) is 8.42 Å². The molecule has 1 unspecified atom stereocenters. The van der Waals surface area contributed by atoms with E-state index in [2.05, 4.69) is 27.3 Å². The molecule has 0 bridgehead atoms. The summed E-state index contributed by atoms with van der Waals surface area (Å²) in [5.74, 6) is 2.32. The summed E-state index contributed by atoms with van der Waals surface area (Å²) in [6, 6.07) is 16.0. The van der Waals surface area contributed by atoms with Crippen LogP contribution >= 0.6 is 24.0 Å². The maximum Gasteiger partial charge on any atom is 0.193 e. The second-order valence-electron chi connectivity index (χ2n) is 7.49. The van der Waals surface area contributed by atoms with Gasteiger partial charge in [-0.3, -0.25) is 4.99 Å². The van der Waals surface area contributed by atoms with Crippen LogP contribution in [0.3, 0.4) is 0 Å². The molecule has 0 amide bonds. The van der Waals surface area contributed by atoms with Crippen molar-refractivity contribution in [3.8, 4) is 5.75 Å². The Labute approximate surface area is 196 Å². The summed E-state index contributed by atoms with van der Waals surface area (Å²) >= 11 is 0. The minimum atomic E-state index is -3.01.